The van der Waals surface area contributed by atoms with Gasteiger partial charge in [-0.15, -0.1) is 5.10 Å². The summed E-state index contributed by atoms with van der Waals surface area (Å²) in [5, 5.41) is 11.0. The summed E-state index contributed by atoms with van der Waals surface area (Å²) in [6.07, 6.45) is 5.81. The fraction of sp³-hybridized carbons (Fsp3) is 0.526. The van der Waals surface area contributed by atoms with E-state index in [1.807, 2.05) is 12.1 Å². The van der Waals surface area contributed by atoms with Crippen molar-refractivity contribution in [3.8, 4) is 11.4 Å². The van der Waals surface area contributed by atoms with E-state index in [0.29, 0.717) is 22.9 Å². The number of thioether (sulfide) groups is 1. The largest absolute Gasteiger partial charge is 0.352 e. The Balaban J connectivity index is 1.51. The van der Waals surface area contributed by atoms with Crippen LogP contribution in [-0.4, -0.2) is 32.9 Å². The van der Waals surface area contributed by atoms with Crippen LogP contribution in [0.5, 0.6) is 0 Å². The van der Waals surface area contributed by atoms with E-state index >= 15 is 0 Å². The first kappa shape index (κ1) is 18.0. The fourth-order valence-corrected chi connectivity index (χ4v) is 3.86. The van der Waals surface area contributed by atoms with Gasteiger partial charge in [-0.1, -0.05) is 62.7 Å². The number of nitrogens with zero attached hydrogens (tertiary/aromatic N) is 2. The van der Waals surface area contributed by atoms with Crippen LogP contribution in [0, 0.1) is 5.92 Å². The Labute approximate surface area is 153 Å². The molecule has 0 spiro atoms. The van der Waals surface area contributed by atoms with Crippen molar-refractivity contribution in [2.24, 2.45) is 5.92 Å². The third-order valence-electron chi connectivity index (χ3n) is 4.89. The van der Waals surface area contributed by atoms with Crippen molar-refractivity contribution in [3.05, 3.63) is 29.8 Å². The van der Waals surface area contributed by atoms with Gasteiger partial charge in [0.15, 0.2) is 5.82 Å². The van der Waals surface area contributed by atoms with Gasteiger partial charge in [0.25, 0.3) is 0 Å². The SMILES string of the molecule is CCc1ccc(-c2nc(SCC(=O)N[C@@H]3CCCC[C@H]3C)n[nH]2)cc1. The normalized spacial score (nSPS) is 20.4. The van der Waals surface area contributed by atoms with Crippen molar-refractivity contribution in [1.29, 1.82) is 0 Å². The Morgan fingerprint density at radius 3 is 2.76 bits per heavy atom. The highest BCUT2D eigenvalue weighted by molar-refractivity contribution is 7.99. The number of amides is 1. The van der Waals surface area contributed by atoms with E-state index in [-0.39, 0.29) is 5.91 Å². The van der Waals surface area contributed by atoms with Crippen LogP contribution in [0.4, 0.5) is 0 Å². The molecule has 1 aliphatic carbocycles. The molecule has 1 heterocycles. The molecule has 0 saturated heterocycles. The number of carbonyl (C=O) groups is 1. The maximum atomic E-state index is 12.2. The van der Waals surface area contributed by atoms with Gasteiger partial charge in [0.1, 0.15) is 0 Å². The van der Waals surface area contributed by atoms with Gasteiger partial charge >= 0.3 is 0 Å². The zero-order chi connectivity index (χ0) is 17.6. The maximum absolute atomic E-state index is 12.2. The van der Waals surface area contributed by atoms with Gasteiger partial charge in [-0.25, -0.2) is 4.98 Å². The number of aryl methyl sites for hydroxylation is 1. The number of carbonyl (C=O) groups excluding carboxylic acids is 1. The third kappa shape index (κ3) is 4.84. The van der Waals surface area contributed by atoms with Crippen LogP contribution in [0.15, 0.2) is 29.4 Å². The molecule has 1 amide bonds. The molecule has 1 saturated carbocycles. The molecule has 0 bridgehead atoms. The second-order valence-electron chi connectivity index (χ2n) is 6.74. The van der Waals surface area contributed by atoms with E-state index in [4.69, 9.17) is 0 Å². The van der Waals surface area contributed by atoms with E-state index in [1.165, 1.54) is 36.6 Å². The lowest BCUT2D eigenvalue weighted by Gasteiger charge is -2.29. The van der Waals surface area contributed by atoms with Crippen molar-refractivity contribution in [3.63, 3.8) is 0 Å². The van der Waals surface area contributed by atoms with Crippen molar-refractivity contribution >= 4 is 17.7 Å². The molecule has 1 aliphatic rings. The van der Waals surface area contributed by atoms with E-state index < -0.39 is 0 Å². The molecule has 2 aromatic rings. The monoisotopic (exact) mass is 358 g/mol. The summed E-state index contributed by atoms with van der Waals surface area (Å²) in [5.41, 5.74) is 2.31. The van der Waals surface area contributed by atoms with Gasteiger partial charge in [-0.3, -0.25) is 9.89 Å². The smallest absolute Gasteiger partial charge is 0.230 e. The number of hydrogen-bond donors (Lipinski definition) is 2. The van der Waals surface area contributed by atoms with E-state index in [9.17, 15) is 4.79 Å². The van der Waals surface area contributed by atoms with Gasteiger partial charge < -0.3 is 5.32 Å². The standard InChI is InChI=1S/C19H26N4OS/c1-3-14-8-10-15(11-9-14)18-21-19(23-22-18)25-12-17(24)20-16-7-5-4-6-13(16)2/h8-11,13,16H,3-7,12H2,1-2H3,(H,20,24)(H,21,22,23)/t13-,16-/m1/s1. The first-order valence-corrected chi connectivity index (χ1v) is 10.1. The number of H-pyrrole nitrogens is 1. The third-order valence-corrected chi connectivity index (χ3v) is 5.74. The Morgan fingerprint density at radius 2 is 2.04 bits per heavy atom. The lowest BCUT2D eigenvalue weighted by atomic mass is 9.86. The number of aromatic amines is 1. The molecule has 6 heteroatoms. The minimum Gasteiger partial charge on any atom is -0.352 e. The molecule has 25 heavy (non-hydrogen) atoms. The van der Waals surface area contributed by atoms with Gasteiger partial charge in [-0.05, 0) is 30.7 Å². The van der Waals surface area contributed by atoms with Crippen molar-refractivity contribution in [1.82, 2.24) is 20.5 Å². The first-order valence-electron chi connectivity index (χ1n) is 9.09. The number of benzene rings is 1. The van der Waals surface area contributed by atoms with Crippen LogP contribution in [-0.2, 0) is 11.2 Å². The summed E-state index contributed by atoms with van der Waals surface area (Å²) < 4.78 is 0. The predicted molar refractivity (Wildman–Crippen MR) is 101 cm³/mol. The summed E-state index contributed by atoms with van der Waals surface area (Å²) in [5.74, 6) is 1.74. The summed E-state index contributed by atoms with van der Waals surface area (Å²) >= 11 is 1.38. The van der Waals surface area contributed by atoms with Crippen molar-refractivity contribution in [2.45, 2.75) is 57.1 Å². The van der Waals surface area contributed by atoms with Crippen LogP contribution in [0.25, 0.3) is 11.4 Å². The summed E-state index contributed by atoms with van der Waals surface area (Å²) in [6, 6.07) is 8.62. The van der Waals surface area contributed by atoms with Crippen LogP contribution in [0.2, 0.25) is 0 Å². The molecule has 0 radical (unpaired) electrons. The van der Waals surface area contributed by atoms with Crippen LogP contribution in [0.1, 0.15) is 45.1 Å². The Hall–Kier alpha value is -1.82. The molecular formula is C19H26N4OS. The van der Waals surface area contributed by atoms with Crippen LogP contribution < -0.4 is 5.32 Å². The second-order valence-corrected chi connectivity index (χ2v) is 7.68. The van der Waals surface area contributed by atoms with E-state index in [2.05, 4.69) is 46.5 Å². The number of hydrogen-bond acceptors (Lipinski definition) is 4. The lowest BCUT2D eigenvalue weighted by Crippen LogP contribution is -2.41. The zero-order valence-electron chi connectivity index (χ0n) is 14.9. The molecule has 0 unspecified atom stereocenters. The molecule has 2 atom stereocenters. The maximum Gasteiger partial charge on any atom is 0.230 e. The highest BCUT2D eigenvalue weighted by Crippen LogP contribution is 2.24. The van der Waals surface area contributed by atoms with Gasteiger partial charge in [0.05, 0.1) is 5.75 Å². The molecule has 2 N–H and O–H groups in total. The average Bonchev–Trinajstić information content (AvgIpc) is 3.11. The zero-order valence-corrected chi connectivity index (χ0v) is 15.7. The molecule has 134 valence electrons. The van der Waals surface area contributed by atoms with Crippen molar-refractivity contribution < 1.29 is 4.79 Å². The molecule has 3 rings (SSSR count). The average molecular weight is 359 g/mol. The molecule has 0 aliphatic heterocycles. The number of aromatic nitrogens is 3. The molecule has 1 aromatic carbocycles. The Morgan fingerprint density at radius 1 is 1.28 bits per heavy atom. The van der Waals surface area contributed by atoms with E-state index in [0.717, 1.165) is 24.2 Å². The van der Waals surface area contributed by atoms with Crippen molar-refractivity contribution in [2.75, 3.05) is 5.75 Å². The highest BCUT2D eigenvalue weighted by Gasteiger charge is 2.22. The van der Waals surface area contributed by atoms with Crippen LogP contribution >= 0.6 is 11.8 Å². The molecular weight excluding hydrogens is 332 g/mol. The lowest BCUT2D eigenvalue weighted by molar-refractivity contribution is -0.119. The van der Waals surface area contributed by atoms with Gasteiger partial charge in [-0.2, -0.15) is 0 Å². The van der Waals surface area contributed by atoms with E-state index in [1.54, 1.807) is 0 Å². The van der Waals surface area contributed by atoms with Crippen LogP contribution in [0.3, 0.4) is 0 Å². The number of nitrogens with one attached hydrogen (secondary N) is 2. The fourth-order valence-electron chi connectivity index (χ4n) is 3.25. The minimum absolute atomic E-state index is 0.0717. The summed E-state index contributed by atoms with van der Waals surface area (Å²) in [6.45, 7) is 4.36. The summed E-state index contributed by atoms with van der Waals surface area (Å²) in [4.78, 5) is 16.7. The Kier molecular flexibility index (Phi) is 6.13. The van der Waals surface area contributed by atoms with Gasteiger partial charge in [0, 0.05) is 11.6 Å². The first-order chi connectivity index (χ1) is 12.2. The molecule has 5 nitrogen and oxygen atoms in total. The highest BCUT2D eigenvalue weighted by atomic mass is 32.2. The Bertz CT molecular complexity index is 698. The summed E-state index contributed by atoms with van der Waals surface area (Å²) in [7, 11) is 0. The quantitative estimate of drug-likeness (QED) is 0.770. The topological polar surface area (TPSA) is 70.7 Å². The second kappa shape index (κ2) is 8.52. The molecule has 1 fully saturated rings. The predicted octanol–water partition coefficient (Wildman–Crippen LogP) is 3.82. The minimum atomic E-state index is 0.0717. The number of rotatable bonds is 6. The van der Waals surface area contributed by atoms with Gasteiger partial charge in [0.2, 0.25) is 11.1 Å². The molecule has 1 aromatic heterocycles.